The molecule has 0 amide bonds. The second kappa shape index (κ2) is 8.17. The average molecular weight is 376 g/mol. The smallest absolute Gasteiger partial charge is 0.238 e. The van der Waals surface area contributed by atoms with Crippen molar-refractivity contribution in [1.29, 1.82) is 0 Å². The Bertz CT molecular complexity index is 821. The molecule has 2 aromatic carbocycles. The van der Waals surface area contributed by atoms with E-state index in [-0.39, 0.29) is 21.4 Å². The van der Waals surface area contributed by atoms with Gasteiger partial charge in [-0.1, -0.05) is 87.5 Å². The fourth-order valence-corrected chi connectivity index (χ4v) is 3.77. The second-order valence-corrected chi connectivity index (χ2v) is 9.45. The maximum absolute atomic E-state index is 9.63. The quantitative estimate of drug-likeness (QED) is 0.634. The van der Waals surface area contributed by atoms with Gasteiger partial charge >= 0.3 is 0 Å². The van der Waals surface area contributed by atoms with E-state index in [2.05, 4.69) is 45.0 Å². The molecule has 138 valence electrons. The third kappa shape index (κ3) is 4.35. The fourth-order valence-electron chi connectivity index (χ4n) is 2.97. The summed E-state index contributed by atoms with van der Waals surface area (Å²) >= 11 is 0. The van der Waals surface area contributed by atoms with Crippen molar-refractivity contribution in [1.82, 2.24) is 4.98 Å². The first-order chi connectivity index (χ1) is 13.0. The molecule has 0 fully saturated rings. The monoisotopic (exact) mass is 375 g/mol. The Kier molecular flexibility index (Phi) is 5.90. The third-order valence-corrected chi connectivity index (χ3v) is 5.22. The van der Waals surface area contributed by atoms with Crippen molar-refractivity contribution in [3.63, 3.8) is 0 Å². The topological polar surface area (TPSA) is 42.4 Å². The summed E-state index contributed by atoms with van der Waals surface area (Å²) in [4.78, 5) is 4.75. The predicted molar refractivity (Wildman–Crippen MR) is 109 cm³/mol. The first-order valence-corrected chi connectivity index (χ1v) is 10.00. The highest BCUT2D eigenvalue weighted by Crippen LogP contribution is 2.41. The van der Waals surface area contributed by atoms with Crippen molar-refractivity contribution in [3.05, 3.63) is 101 Å². The van der Waals surface area contributed by atoms with Crippen LogP contribution in [-0.2, 0) is 16.6 Å². The highest BCUT2D eigenvalue weighted by atomic mass is 28.2. The molecule has 1 aromatic heterocycles. The summed E-state index contributed by atoms with van der Waals surface area (Å²) in [5, 5.41) is 9.64. The lowest BCUT2D eigenvalue weighted by Gasteiger charge is -2.37. The van der Waals surface area contributed by atoms with Crippen LogP contribution in [0.2, 0.25) is 5.04 Å². The van der Waals surface area contributed by atoms with Gasteiger partial charge in [0, 0.05) is 0 Å². The molecule has 3 nitrogen and oxygen atoms in total. The molecular weight excluding hydrogens is 350 g/mol. The van der Waals surface area contributed by atoms with Crippen molar-refractivity contribution in [2.24, 2.45) is 0 Å². The Morgan fingerprint density at radius 2 is 1.37 bits per heavy atom. The number of pyridine rings is 1. The second-order valence-electron chi connectivity index (χ2n) is 7.54. The van der Waals surface area contributed by atoms with Crippen LogP contribution >= 0.6 is 0 Å². The Morgan fingerprint density at radius 1 is 0.815 bits per heavy atom. The minimum atomic E-state index is -0.834. The van der Waals surface area contributed by atoms with Gasteiger partial charge in [0.05, 0.1) is 18.0 Å². The molecular formula is C23H25NO2Si. The van der Waals surface area contributed by atoms with E-state index in [1.54, 1.807) is 0 Å². The molecule has 2 radical (unpaired) electrons. The summed E-state index contributed by atoms with van der Waals surface area (Å²) < 4.78 is 6.74. The molecule has 1 N–H and O–H groups in total. The molecule has 0 unspecified atom stereocenters. The highest BCUT2D eigenvalue weighted by molar-refractivity contribution is 6.32. The lowest BCUT2D eigenvalue weighted by Crippen LogP contribution is -2.37. The van der Waals surface area contributed by atoms with Gasteiger partial charge < -0.3 is 9.53 Å². The molecule has 0 atom stereocenters. The van der Waals surface area contributed by atoms with Gasteiger partial charge in [0.15, 0.2) is 0 Å². The van der Waals surface area contributed by atoms with Gasteiger partial charge in [0.25, 0.3) is 0 Å². The molecule has 0 aliphatic heterocycles. The zero-order valence-electron chi connectivity index (χ0n) is 16.0. The van der Waals surface area contributed by atoms with Crippen LogP contribution in [0, 0.1) is 0 Å². The minimum Gasteiger partial charge on any atom is -0.399 e. The molecule has 0 saturated heterocycles. The number of aliphatic hydroxyl groups excluding tert-OH is 1. The van der Waals surface area contributed by atoms with Gasteiger partial charge in [-0.05, 0) is 28.3 Å². The fraction of sp³-hybridized carbons (Fsp3) is 0.261. The minimum absolute atomic E-state index is 0.0173. The van der Waals surface area contributed by atoms with Gasteiger partial charge in [0.2, 0.25) is 9.76 Å². The Labute approximate surface area is 164 Å². The average Bonchev–Trinajstić information content (AvgIpc) is 2.69. The zero-order chi connectivity index (χ0) is 19.3. The molecule has 3 aromatic rings. The summed E-state index contributed by atoms with van der Waals surface area (Å²) in [5.74, 6) is 0. The van der Waals surface area contributed by atoms with E-state index in [1.807, 2.05) is 54.6 Å². The molecule has 1 heterocycles. The summed E-state index contributed by atoms with van der Waals surface area (Å²) in [5.41, 5.74) is 2.63. The van der Waals surface area contributed by atoms with Crippen molar-refractivity contribution in [3.8, 4) is 0 Å². The third-order valence-electron chi connectivity index (χ3n) is 4.20. The number of rotatable bonds is 6. The number of aliphatic hydroxyl groups is 1. The van der Waals surface area contributed by atoms with E-state index in [1.165, 1.54) is 0 Å². The van der Waals surface area contributed by atoms with Crippen molar-refractivity contribution < 1.29 is 9.53 Å². The van der Waals surface area contributed by atoms with Crippen molar-refractivity contribution in [2.45, 2.75) is 38.0 Å². The van der Waals surface area contributed by atoms with Crippen LogP contribution in [0.3, 0.4) is 0 Å². The number of hydrogen-bond acceptors (Lipinski definition) is 3. The first kappa shape index (κ1) is 19.5. The summed E-state index contributed by atoms with van der Waals surface area (Å²) in [6, 6.07) is 26.1. The standard InChI is InChI=1S/C23H25NO2Si/c1-22(2,3)27-26-23(18-11-6-4-7-12-18,19-13-8-5-9-14-19)21-16-10-15-20(17-25)24-21/h4-16,25H,17H2,1-3H3. The van der Waals surface area contributed by atoms with Gasteiger partial charge in [-0.3, -0.25) is 4.98 Å². The highest BCUT2D eigenvalue weighted by Gasteiger charge is 2.40. The van der Waals surface area contributed by atoms with E-state index >= 15 is 0 Å². The largest absolute Gasteiger partial charge is 0.399 e. The van der Waals surface area contributed by atoms with Crippen LogP contribution in [0.15, 0.2) is 78.9 Å². The lowest BCUT2D eigenvalue weighted by atomic mass is 9.83. The van der Waals surface area contributed by atoms with E-state index < -0.39 is 5.60 Å². The van der Waals surface area contributed by atoms with Crippen molar-refractivity contribution >= 4 is 9.76 Å². The Balaban J connectivity index is 2.27. The van der Waals surface area contributed by atoms with Crippen molar-refractivity contribution in [2.75, 3.05) is 0 Å². The molecule has 3 rings (SSSR count). The number of benzene rings is 2. The number of aromatic nitrogens is 1. The molecule has 0 spiro atoms. The zero-order valence-corrected chi connectivity index (χ0v) is 17.0. The summed E-state index contributed by atoms with van der Waals surface area (Å²) in [7, 11) is 0.264. The van der Waals surface area contributed by atoms with Gasteiger partial charge in [-0.2, -0.15) is 0 Å². The van der Waals surface area contributed by atoms with E-state index in [4.69, 9.17) is 9.41 Å². The van der Waals surface area contributed by atoms with E-state index in [0.717, 1.165) is 16.8 Å². The van der Waals surface area contributed by atoms with Gasteiger partial charge in [-0.25, -0.2) is 0 Å². The normalized spacial score (nSPS) is 12.1. The molecule has 0 saturated carbocycles. The van der Waals surface area contributed by atoms with Gasteiger partial charge in [-0.15, -0.1) is 0 Å². The maximum Gasteiger partial charge on any atom is 0.238 e. The molecule has 4 heteroatoms. The van der Waals surface area contributed by atoms with Crippen LogP contribution in [0.5, 0.6) is 0 Å². The molecule has 27 heavy (non-hydrogen) atoms. The molecule has 0 aliphatic rings. The lowest BCUT2D eigenvalue weighted by molar-refractivity contribution is 0.151. The predicted octanol–water partition coefficient (Wildman–Crippen LogP) is 4.72. The molecule has 0 aliphatic carbocycles. The van der Waals surface area contributed by atoms with Crippen LogP contribution in [0.25, 0.3) is 0 Å². The summed E-state index contributed by atoms with van der Waals surface area (Å²) in [6.07, 6.45) is 0. The first-order valence-electron chi connectivity index (χ1n) is 9.09. The number of nitrogens with zero attached hydrogens (tertiary/aromatic N) is 1. The van der Waals surface area contributed by atoms with Crippen LogP contribution in [0.4, 0.5) is 0 Å². The van der Waals surface area contributed by atoms with E-state index in [9.17, 15) is 5.11 Å². The molecule has 0 bridgehead atoms. The number of hydrogen-bond donors (Lipinski definition) is 1. The van der Waals surface area contributed by atoms with E-state index in [0.29, 0.717) is 5.69 Å². The van der Waals surface area contributed by atoms with Crippen LogP contribution in [0.1, 0.15) is 43.3 Å². The maximum atomic E-state index is 9.63. The van der Waals surface area contributed by atoms with Crippen LogP contribution in [-0.4, -0.2) is 19.9 Å². The van der Waals surface area contributed by atoms with Gasteiger partial charge in [0.1, 0.15) is 5.60 Å². The Morgan fingerprint density at radius 3 is 1.85 bits per heavy atom. The SMILES string of the molecule is CC(C)(C)[Si]OC(c1ccccc1)(c1ccccc1)c1cccc(CO)n1. The van der Waals surface area contributed by atoms with Crippen LogP contribution < -0.4 is 0 Å². The Hall–Kier alpha value is -2.27. The summed E-state index contributed by atoms with van der Waals surface area (Å²) in [6.45, 7) is 6.41.